The van der Waals surface area contributed by atoms with Crippen molar-refractivity contribution in [2.24, 2.45) is 5.92 Å². The molecule has 4 aromatic carbocycles. The minimum atomic E-state index is -0.444. The van der Waals surface area contributed by atoms with Crippen molar-refractivity contribution in [3.05, 3.63) is 109 Å². The highest BCUT2D eigenvalue weighted by Gasteiger charge is 2.16. The predicted octanol–water partition coefficient (Wildman–Crippen LogP) is 8.41. The van der Waals surface area contributed by atoms with Crippen LogP contribution < -0.4 is 9.47 Å². The summed E-state index contributed by atoms with van der Waals surface area (Å²) in [7, 11) is 0. The quantitative estimate of drug-likeness (QED) is 0.0915. The first kappa shape index (κ1) is 34.4. The summed E-state index contributed by atoms with van der Waals surface area (Å²) in [6.45, 7) is 10.4. The van der Waals surface area contributed by atoms with Crippen LogP contribution in [0.15, 0.2) is 103 Å². The van der Waals surface area contributed by atoms with Crippen molar-refractivity contribution in [3.63, 3.8) is 0 Å². The Morgan fingerprint density at radius 1 is 0.565 bits per heavy atom. The Kier molecular flexibility index (Phi) is 12.9. The molecule has 0 saturated carbocycles. The van der Waals surface area contributed by atoms with Crippen LogP contribution in [0.3, 0.4) is 0 Å². The highest BCUT2D eigenvalue weighted by atomic mass is 16.6. The highest BCUT2D eigenvalue weighted by Crippen LogP contribution is 2.27. The first-order chi connectivity index (χ1) is 22.2. The molecule has 0 saturated heterocycles. The lowest BCUT2D eigenvalue weighted by atomic mass is 10.0. The number of rotatable bonds is 16. The fraction of sp³-hybridized carbons (Fsp3) is 0.333. The number of ether oxygens (including phenoxy) is 5. The second-order valence-electron chi connectivity index (χ2n) is 11.5. The van der Waals surface area contributed by atoms with E-state index in [-0.39, 0.29) is 36.8 Å². The van der Waals surface area contributed by atoms with E-state index in [2.05, 4.69) is 36.4 Å². The van der Waals surface area contributed by atoms with Crippen LogP contribution in [-0.2, 0) is 19.0 Å². The zero-order valence-electron chi connectivity index (χ0n) is 27.3. The average molecular weight is 625 g/mol. The summed E-state index contributed by atoms with van der Waals surface area (Å²) in [5.41, 5.74) is 4.88. The maximum Gasteiger partial charge on any atom is 0.343 e. The third kappa shape index (κ3) is 10.6. The Labute approximate surface area is 272 Å². The second kappa shape index (κ2) is 17.3. The van der Waals surface area contributed by atoms with Gasteiger partial charge in [-0.05, 0) is 85.8 Å². The maximum absolute atomic E-state index is 12.8. The highest BCUT2D eigenvalue weighted by molar-refractivity contribution is 5.91. The molecular formula is C39H44O7. The molecule has 4 aromatic rings. The van der Waals surface area contributed by atoms with Gasteiger partial charge >= 0.3 is 11.9 Å². The van der Waals surface area contributed by atoms with E-state index < -0.39 is 5.97 Å². The Morgan fingerprint density at radius 2 is 1.04 bits per heavy atom. The van der Waals surface area contributed by atoms with E-state index in [1.807, 2.05) is 65.0 Å². The molecule has 4 atom stereocenters. The lowest BCUT2D eigenvalue weighted by Gasteiger charge is -2.21. The van der Waals surface area contributed by atoms with Gasteiger partial charge in [-0.15, -0.1) is 0 Å². The molecule has 0 fully saturated rings. The topological polar surface area (TPSA) is 80.3 Å². The Morgan fingerprint density at radius 3 is 1.61 bits per heavy atom. The molecule has 0 N–H and O–H groups in total. The standard InChI is InChI=1S/C39H44O7/c1-6-27(2)38(40)44-25-29(4)42-24-28(3)43-26-30(5)45-36-22-18-35(19-23-36)39(41)46-37-20-16-34(17-21-37)33-14-12-32(13-15-33)31-10-8-7-9-11-31/h7-23,27-30H,6,24-26H2,1-5H3. The molecule has 0 aliphatic carbocycles. The Hall–Kier alpha value is -4.46. The molecule has 0 bridgehead atoms. The number of carbonyl (C=O) groups is 2. The van der Waals surface area contributed by atoms with Gasteiger partial charge in [-0.25, -0.2) is 4.79 Å². The van der Waals surface area contributed by atoms with Gasteiger partial charge in [-0.2, -0.15) is 0 Å². The van der Waals surface area contributed by atoms with Crippen molar-refractivity contribution >= 4 is 11.9 Å². The molecule has 0 aromatic heterocycles. The maximum atomic E-state index is 12.8. The molecule has 242 valence electrons. The van der Waals surface area contributed by atoms with Gasteiger partial charge in [0, 0.05) is 0 Å². The van der Waals surface area contributed by atoms with E-state index in [0.717, 1.165) is 23.1 Å². The summed E-state index contributed by atoms with van der Waals surface area (Å²) >= 11 is 0. The molecule has 7 heteroatoms. The summed E-state index contributed by atoms with van der Waals surface area (Å²) in [5.74, 6) is 0.335. The van der Waals surface area contributed by atoms with Gasteiger partial charge in [0.25, 0.3) is 0 Å². The lowest BCUT2D eigenvalue weighted by molar-refractivity contribution is -0.152. The van der Waals surface area contributed by atoms with Crippen molar-refractivity contribution in [3.8, 4) is 33.8 Å². The SMILES string of the molecule is CCC(C)C(=O)OCC(C)OCC(C)OCC(C)Oc1ccc(C(=O)Oc2ccc(-c3ccc(-c4ccccc4)cc3)cc2)cc1. The zero-order valence-corrected chi connectivity index (χ0v) is 27.3. The van der Waals surface area contributed by atoms with Crippen LogP contribution >= 0.6 is 0 Å². The van der Waals surface area contributed by atoms with E-state index in [1.54, 1.807) is 36.4 Å². The van der Waals surface area contributed by atoms with Crippen molar-refractivity contribution < 1.29 is 33.3 Å². The van der Waals surface area contributed by atoms with Crippen LogP contribution in [0.4, 0.5) is 0 Å². The summed E-state index contributed by atoms with van der Waals surface area (Å²) in [5, 5.41) is 0. The number of hydrogen-bond donors (Lipinski definition) is 0. The number of benzene rings is 4. The van der Waals surface area contributed by atoms with Crippen molar-refractivity contribution in [1.82, 2.24) is 0 Å². The van der Waals surface area contributed by atoms with E-state index in [9.17, 15) is 9.59 Å². The molecule has 7 nitrogen and oxygen atoms in total. The third-order valence-corrected chi connectivity index (χ3v) is 7.52. The molecule has 4 rings (SSSR count). The summed E-state index contributed by atoms with van der Waals surface area (Å²) in [4.78, 5) is 24.6. The molecule has 0 amide bonds. The average Bonchev–Trinajstić information content (AvgIpc) is 3.09. The summed E-state index contributed by atoms with van der Waals surface area (Å²) in [6, 6.07) is 33.0. The molecule has 0 aliphatic heterocycles. The normalized spacial score (nSPS) is 13.7. The largest absolute Gasteiger partial charge is 0.488 e. The van der Waals surface area contributed by atoms with Crippen LogP contribution in [0.5, 0.6) is 11.5 Å². The monoisotopic (exact) mass is 624 g/mol. The molecule has 46 heavy (non-hydrogen) atoms. The van der Waals surface area contributed by atoms with Crippen LogP contribution in [0.1, 0.15) is 51.4 Å². The lowest BCUT2D eigenvalue weighted by Crippen LogP contribution is -2.28. The first-order valence-corrected chi connectivity index (χ1v) is 15.9. The van der Waals surface area contributed by atoms with Gasteiger partial charge in [0.2, 0.25) is 0 Å². The molecule has 4 unspecified atom stereocenters. The minimum absolute atomic E-state index is 0.111. The summed E-state index contributed by atoms with van der Waals surface area (Å²) < 4.78 is 28.5. The van der Waals surface area contributed by atoms with Gasteiger partial charge in [0.1, 0.15) is 24.2 Å². The first-order valence-electron chi connectivity index (χ1n) is 15.9. The van der Waals surface area contributed by atoms with Crippen molar-refractivity contribution in [2.75, 3.05) is 19.8 Å². The molecule has 0 heterocycles. The fourth-order valence-electron chi connectivity index (χ4n) is 4.51. The van der Waals surface area contributed by atoms with Gasteiger partial charge in [0.05, 0.1) is 36.9 Å². The smallest absolute Gasteiger partial charge is 0.343 e. The number of carbonyl (C=O) groups excluding carboxylic acids is 2. The van der Waals surface area contributed by atoms with Crippen molar-refractivity contribution in [1.29, 1.82) is 0 Å². The minimum Gasteiger partial charge on any atom is -0.488 e. The van der Waals surface area contributed by atoms with Gasteiger partial charge < -0.3 is 23.7 Å². The Balaban J connectivity index is 1.18. The number of hydrogen-bond acceptors (Lipinski definition) is 7. The van der Waals surface area contributed by atoms with Gasteiger partial charge in [-0.1, -0.05) is 80.6 Å². The zero-order chi connectivity index (χ0) is 32.9. The molecule has 0 spiro atoms. The predicted molar refractivity (Wildman–Crippen MR) is 180 cm³/mol. The van der Waals surface area contributed by atoms with Gasteiger partial charge in [0.15, 0.2) is 0 Å². The molecule has 0 radical (unpaired) electrons. The fourth-order valence-corrected chi connectivity index (χ4v) is 4.51. The van der Waals surface area contributed by atoms with E-state index >= 15 is 0 Å². The van der Waals surface area contributed by atoms with E-state index in [4.69, 9.17) is 23.7 Å². The molecule has 0 aliphatic rings. The van der Waals surface area contributed by atoms with Crippen molar-refractivity contribution in [2.45, 2.75) is 59.4 Å². The van der Waals surface area contributed by atoms with Gasteiger partial charge in [-0.3, -0.25) is 4.79 Å². The van der Waals surface area contributed by atoms with Crippen LogP contribution in [0, 0.1) is 5.92 Å². The number of esters is 2. The van der Waals surface area contributed by atoms with Crippen LogP contribution in [0.2, 0.25) is 0 Å². The Bertz CT molecular complexity index is 1500. The third-order valence-electron chi connectivity index (χ3n) is 7.52. The van der Waals surface area contributed by atoms with Crippen LogP contribution in [-0.4, -0.2) is 50.1 Å². The second-order valence-corrected chi connectivity index (χ2v) is 11.5. The summed E-state index contributed by atoms with van der Waals surface area (Å²) in [6.07, 6.45) is 0.145. The van der Waals surface area contributed by atoms with E-state index in [0.29, 0.717) is 30.3 Å². The van der Waals surface area contributed by atoms with Crippen LogP contribution in [0.25, 0.3) is 22.3 Å². The molecular weight excluding hydrogens is 580 g/mol. The van der Waals surface area contributed by atoms with E-state index in [1.165, 1.54) is 5.56 Å².